The first-order valence-corrected chi connectivity index (χ1v) is 42.7. The first-order valence-electron chi connectivity index (χ1n) is 40.8. The van der Waals surface area contributed by atoms with Gasteiger partial charge < -0.3 is 96.2 Å². The van der Waals surface area contributed by atoms with E-state index in [4.69, 9.17) is 44.8 Å². The molecule has 4 heterocycles. The number of aromatic nitrogens is 8. The van der Waals surface area contributed by atoms with Crippen molar-refractivity contribution in [1.29, 1.82) is 0 Å². The van der Waals surface area contributed by atoms with Crippen LogP contribution >= 0.6 is 31.9 Å². The number of hydrogen-bond donors (Lipinski definition) is 12. The third kappa shape index (κ3) is 44.9. The van der Waals surface area contributed by atoms with E-state index in [1.54, 1.807) is 127 Å². The van der Waals surface area contributed by atoms with Crippen LogP contribution in [0.5, 0.6) is 46.0 Å². The van der Waals surface area contributed by atoms with E-state index in [9.17, 15) is 65.6 Å². The van der Waals surface area contributed by atoms with Gasteiger partial charge in [-0.3, -0.25) is 19.2 Å². The van der Waals surface area contributed by atoms with E-state index in [2.05, 4.69) is 82.4 Å². The van der Waals surface area contributed by atoms with E-state index in [1.165, 1.54) is 18.6 Å². The molecular formula is C105H105Br2F6N11Na2O17. The molecule has 0 saturated carbocycles. The number of aldehydes is 1. The number of phenolic OH excluding ortho intramolecular Hbond substituents is 4. The number of benzene rings is 12. The van der Waals surface area contributed by atoms with Gasteiger partial charge in [0.05, 0.1) is 24.8 Å². The van der Waals surface area contributed by atoms with E-state index in [1.807, 2.05) is 188 Å². The minimum absolute atomic E-state index is 0. The third-order valence-corrected chi connectivity index (χ3v) is 19.0. The Morgan fingerprint density at radius 2 is 0.671 bits per heavy atom. The van der Waals surface area contributed by atoms with Crippen LogP contribution in [0, 0.1) is 0 Å². The quantitative estimate of drug-likeness (QED) is 0.0104. The first kappa shape index (κ1) is 125. The summed E-state index contributed by atoms with van der Waals surface area (Å²) in [6.45, 7) is 4.05. The normalized spacial score (nSPS) is 9.95. The van der Waals surface area contributed by atoms with Crippen molar-refractivity contribution < 1.29 is 169 Å². The second kappa shape index (κ2) is 64.8. The number of amides is 2. The topological polar surface area (TPSA) is 458 Å². The van der Waals surface area contributed by atoms with Gasteiger partial charge in [-0.05, 0) is 204 Å². The molecule has 0 bridgehead atoms. The Balaban J connectivity index is 0.000000571. The fraction of sp³-hybridized carbons (Fsp3) is 0.143. The summed E-state index contributed by atoms with van der Waals surface area (Å²) in [5.41, 5.74) is 15.8. The Kier molecular flexibility index (Phi) is 56.5. The molecule has 28 nitrogen and oxygen atoms in total. The van der Waals surface area contributed by atoms with Gasteiger partial charge in [-0.2, -0.15) is 26.3 Å². The Labute approximate surface area is 883 Å². The van der Waals surface area contributed by atoms with E-state index in [0.717, 1.165) is 92.3 Å². The van der Waals surface area contributed by atoms with Crippen molar-refractivity contribution in [1.82, 2.24) is 50.5 Å². The predicted octanol–water partition coefficient (Wildman–Crippen LogP) is 16.0. The van der Waals surface area contributed by atoms with Gasteiger partial charge in [0.1, 0.15) is 129 Å². The number of H-pyrrole nitrogens is 4. The number of imidazole rings is 4. The maximum absolute atomic E-state index is 12.6. The fourth-order valence-corrected chi connectivity index (χ4v) is 11.9. The molecule has 0 atom stereocenters. The van der Waals surface area contributed by atoms with Crippen molar-refractivity contribution in [2.75, 3.05) is 0 Å². The number of alkyl halides is 8. The maximum atomic E-state index is 12.6. The molecule has 0 radical (unpaired) electrons. The molecule has 0 aliphatic carbocycles. The molecule has 12 aromatic carbocycles. The van der Waals surface area contributed by atoms with Crippen LogP contribution in [-0.2, 0) is 61.8 Å². The molecule has 0 spiro atoms. The number of aliphatic carboxylic acids is 1. The zero-order valence-electron chi connectivity index (χ0n) is 74.5. The summed E-state index contributed by atoms with van der Waals surface area (Å²) in [6, 6.07) is 95.2. The molecule has 2 amide bonds. The molecule has 14 N–H and O–H groups in total. The van der Waals surface area contributed by atoms with Gasteiger partial charge in [-0.1, -0.05) is 219 Å². The Morgan fingerprint density at radius 3 is 0.930 bits per heavy atom. The van der Waals surface area contributed by atoms with Crippen molar-refractivity contribution in [2.45, 2.75) is 98.8 Å². The summed E-state index contributed by atoms with van der Waals surface area (Å²) in [5.74, 6) is 1.05. The smallest absolute Gasteiger partial charge is 0.870 e. The summed E-state index contributed by atoms with van der Waals surface area (Å²) in [4.78, 5) is 91.9. The summed E-state index contributed by atoms with van der Waals surface area (Å²) in [7, 11) is 0. The number of aromatic carboxylic acids is 1. The molecule has 38 heteroatoms. The van der Waals surface area contributed by atoms with Crippen molar-refractivity contribution in [3.05, 3.63) is 408 Å². The molecule has 4 aromatic heterocycles. The molecule has 16 rings (SSSR count). The number of halogens is 8. The van der Waals surface area contributed by atoms with Gasteiger partial charge in [0.25, 0.3) is 17.6 Å². The van der Waals surface area contributed by atoms with Crippen LogP contribution in [-0.4, -0.2) is 117 Å². The van der Waals surface area contributed by atoms with Crippen molar-refractivity contribution in [3.63, 3.8) is 0 Å². The largest absolute Gasteiger partial charge is 1.00 e. The van der Waals surface area contributed by atoms with E-state index in [0.29, 0.717) is 91.8 Å². The second-order valence-corrected chi connectivity index (χ2v) is 31.6. The second-order valence-electron chi connectivity index (χ2n) is 28.5. The first-order chi connectivity index (χ1) is 65.3. The summed E-state index contributed by atoms with van der Waals surface area (Å²) >= 11 is 4.85. The fourth-order valence-electron chi connectivity index (χ4n) is 11.4. The number of nitrogens with zero attached hydrogens (tertiary/aromatic N) is 4. The minimum Gasteiger partial charge on any atom is -0.870 e. The van der Waals surface area contributed by atoms with Crippen LogP contribution in [0.4, 0.5) is 26.3 Å². The number of nitrogens with two attached hydrogens (primary N) is 1. The minimum atomic E-state index is -4.75. The van der Waals surface area contributed by atoms with E-state index >= 15 is 0 Å². The number of hydrogen-bond acceptors (Lipinski definition) is 21. The Bertz CT molecular complexity index is 6400. The number of ketones is 1. The number of phenols is 4. The number of carboxylic acids is 2. The Morgan fingerprint density at radius 1 is 0.399 bits per heavy atom. The molecule has 143 heavy (non-hydrogen) atoms. The number of aromatic hydroxyl groups is 4. The standard InChI is InChI=1S/C24H21N3O3.C17H13F3N2O.C17H15N3O3.C17H14N2O3.C14H12O2.C7H9NO.C3HBr2F3O.C2H4O2.4CH4.2Na.H2O/c28-20-8-4-7-18(13-20)14-26-24(29)22-15-25-23(27-22)19-9-11-21(12-10-19)30-16-17-5-2-1-3-6-17;18-17(19,20)15-10-21-16(22-15)13-6-8-14(9-7-13)23-11-12-4-2-1-3-5-12;21-13-6-4-12(5-7-13)16-18-10-15(20-16)17(23)19-9-11-2-1-3-14(22)8-11;20-17(21)15-10-18-16(19-15)13-6-8-14(9-7-13)22-11-12-4-2-1-3-5-12;15-10-12-6-8-14(9-7-12)16-11-13-4-2-1-3-5-13;8-5-6-2-1-3-7(9)4-6;4-2(5)1(9)3(6,7)8;1-2(3)4;;;;;;;/h1-13,15,28H,14,16H2,(H,25,27)(H,26,29);1-10H,11H2,(H,21,22);1-8,10,21-22H,9H2,(H,18,20)(H,19,23);1-10H,11H2,(H,18,19)(H,20,21);1-10H,11H2;1-4,9H,5,8H2;2H;1H3,(H,3,4);4*1H4;;;1H2/q;;;;;;;;;;;;2*+1;/p-2. The van der Waals surface area contributed by atoms with Crippen LogP contribution in [0.25, 0.3) is 45.6 Å². The van der Waals surface area contributed by atoms with Gasteiger partial charge in [0.15, 0.2) is 0 Å². The maximum Gasteiger partial charge on any atom is 1.00 e. The zero-order chi connectivity index (χ0) is 97.8. The van der Waals surface area contributed by atoms with Gasteiger partial charge in [0.2, 0.25) is 0 Å². The third-order valence-electron chi connectivity index (χ3n) is 18.2. The van der Waals surface area contributed by atoms with Gasteiger partial charge in [-0.15, -0.1) is 0 Å². The molecule has 740 valence electrons. The van der Waals surface area contributed by atoms with E-state index in [-0.39, 0.29) is 141 Å². The van der Waals surface area contributed by atoms with Crippen LogP contribution < -0.4 is 99.5 Å². The molecule has 0 unspecified atom stereocenters. The van der Waals surface area contributed by atoms with Crippen LogP contribution in [0.1, 0.15) is 123 Å². The number of Topliss-reactive ketones (excluding diaryl/α,β-unsaturated/α-hetero) is 1. The van der Waals surface area contributed by atoms with Crippen LogP contribution in [0.3, 0.4) is 0 Å². The summed E-state index contributed by atoms with van der Waals surface area (Å²) in [6.07, 6.45) is -3.30. The number of nitrogens with one attached hydrogen (secondary N) is 6. The number of aromatic amines is 4. The SMILES string of the molecule is C.C.C.C.CC(=O)[O-].FC(F)(F)c1cnc(-c2ccc(OCc3ccccc3)cc2)[nH]1.NCc1cccc(O)c1.O=C(C(Br)Br)C(F)(F)F.O=C(NCc1cccc(O)c1)c1cnc(-c2ccc(O)cc2)[nH]1.O=C(NCc1cccc(O)c1)c1cnc(-c2ccc(OCc3ccccc3)cc2)[nH]1.O=C(O)c1cnc(-c2ccc(OCc3ccccc3)cc2)[nH]1.O=Cc1ccc(OCc2ccccc2)cc1.[Na+].[Na+].[OH-]. The van der Waals surface area contributed by atoms with Crippen molar-refractivity contribution in [3.8, 4) is 91.5 Å². The molecule has 16 aromatic rings. The average molecular weight is 2110 g/mol. The summed E-state index contributed by atoms with van der Waals surface area (Å²) in [5, 5.41) is 60.4. The molecule has 0 saturated heterocycles. The monoisotopic (exact) mass is 2110 g/mol. The van der Waals surface area contributed by atoms with Gasteiger partial charge in [0, 0.05) is 53.4 Å². The molecular weight excluding hydrogens is 2010 g/mol. The van der Waals surface area contributed by atoms with Crippen molar-refractivity contribution in [2.24, 2.45) is 5.73 Å². The van der Waals surface area contributed by atoms with Gasteiger partial charge in [-0.25, -0.2) is 24.7 Å². The van der Waals surface area contributed by atoms with Crippen LogP contribution in [0.2, 0.25) is 0 Å². The number of rotatable bonds is 26. The van der Waals surface area contributed by atoms with Gasteiger partial charge >= 0.3 is 77.4 Å². The number of carbonyl (C=O) groups excluding carboxylic acids is 5. The average Bonchev–Trinajstić information content (AvgIpc) is 1.98. The van der Waals surface area contributed by atoms with Crippen LogP contribution in [0.15, 0.2) is 340 Å². The molecule has 0 aliphatic heterocycles. The number of ether oxygens (including phenoxy) is 4. The number of carboxylic acid groups (broad SMARTS) is 2. The molecule has 0 fully saturated rings. The summed E-state index contributed by atoms with van der Waals surface area (Å²) < 4.78 is 92.9. The predicted molar refractivity (Wildman–Crippen MR) is 531 cm³/mol. The molecule has 0 aliphatic rings. The number of carbonyl (C=O) groups is 6. The van der Waals surface area contributed by atoms with E-state index < -0.39 is 39.5 Å². The van der Waals surface area contributed by atoms with Crippen molar-refractivity contribution >= 4 is 67.7 Å². The zero-order valence-corrected chi connectivity index (χ0v) is 81.7. The Hall–Kier alpha value is -14.4.